The normalized spacial score (nSPS) is 11.2. The molecule has 0 atom stereocenters. The third kappa shape index (κ3) is 2.78. The number of ether oxygens (including phenoxy) is 1. The molecule has 0 heterocycles. The van der Waals surface area contributed by atoms with Crippen LogP contribution in [-0.4, -0.2) is 5.11 Å². The summed E-state index contributed by atoms with van der Waals surface area (Å²) in [5.74, 6) is 0.880. The van der Waals surface area contributed by atoms with Gasteiger partial charge in [0.15, 0.2) is 0 Å². The molecular weight excluding hydrogens is 212 g/mol. The van der Waals surface area contributed by atoms with Gasteiger partial charge in [-0.3, -0.25) is 0 Å². The first-order chi connectivity index (χ1) is 8.08. The summed E-state index contributed by atoms with van der Waals surface area (Å²) in [7, 11) is 0. The lowest BCUT2D eigenvalue weighted by Gasteiger charge is -2.27. The molecule has 17 heavy (non-hydrogen) atoms. The van der Waals surface area contributed by atoms with Gasteiger partial charge in [0.1, 0.15) is 17.1 Å². The molecule has 0 saturated heterocycles. The van der Waals surface area contributed by atoms with E-state index in [2.05, 4.69) is 0 Å². The fraction of sp³-hybridized carbons (Fsp3) is 0.200. The highest BCUT2D eigenvalue weighted by Crippen LogP contribution is 2.28. The van der Waals surface area contributed by atoms with Crippen LogP contribution in [0.4, 0.5) is 0 Å². The van der Waals surface area contributed by atoms with E-state index < -0.39 is 5.60 Å². The standard InChI is InChI=1S/C15H16O2/c1-15(2,12-7-4-3-5-8-12)17-14-10-6-9-13(16)11-14/h3-11,16H,1-2H3. The minimum Gasteiger partial charge on any atom is -0.508 e. The second-order valence-corrected chi connectivity index (χ2v) is 4.48. The van der Waals surface area contributed by atoms with Crippen molar-refractivity contribution in [2.75, 3.05) is 0 Å². The van der Waals surface area contributed by atoms with Crippen LogP contribution in [0.2, 0.25) is 0 Å². The monoisotopic (exact) mass is 228 g/mol. The molecule has 0 amide bonds. The van der Waals surface area contributed by atoms with Gasteiger partial charge in [-0.1, -0.05) is 36.4 Å². The highest BCUT2D eigenvalue weighted by atomic mass is 16.5. The highest BCUT2D eigenvalue weighted by Gasteiger charge is 2.22. The molecule has 2 nitrogen and oxygen atoms in total. The Morgan fingerprint density at radius 1 is 0.941 bits per heavy atom. The molecule has 0 aliphatic carbocycles. The van der Waals surface area contributed by atoms with Gasteiger partial charge in [0, 0.05) is 6.07 Å². The van der Waals surface area contributed by atoms with Gasteiger partial charge in [-0.2, -0.15) is 0 Å². The number of hydrogen-bond acceptors (Lipinski definition) is 2. The summed E-state index contributed by atoms with van der Waals surface area (Å²) in [6.45, 7) is 4.01. The lowest BCUT2D eigenvalue weighted by atomic mass is 9.98. The molecule has 0 radical (unpaired) electrons. The van der Waals surface area contributed by atoms with Crippen molar-refractivity contribution in [2.45, 2.75) is 19.4 Å². The minimum absolute atomic E-state index is 0.214. The molecule has 0 aliphatic heterocycles. The van der Waals surface area contributed by atoms with Gasteiger partial charge in [0.2, 0.25) is 0 Å². The van der Waals surface area contributed by atoms with E-state index in [0.717, 1.165) is 5.56 Å². The van der Waals surface area contributed by atoms with E-state index in [1.54, 1.807) is 18.2 Å². The van der Waals surface area contributed by atoms with E-state index in [0.29, 0.717) is 5.75 Å². The van der Waals surface area contributed by atoms with Crippen molar-refractivity contribution in [3.8, 4) is 11.5 Å². The average molecular weight is 228 g/mol. The van der Waals surface area contributed by atoms with Crippen LogP contribution in [0.5, 0.6) is 11.5 Å². The van der Waals surface area contributed by atoms with Crippen LogP contribution in [-0.2, 0) is 5.60 Å². The molecule has 0 aliphatic rings. The van der Waals surface area contributed by atoms with Crippen LogP contribution >= 0.6 is 0 Å². The quantitative estimate of drug-likeness (QED) is 0.867. The molecule has 2 rings (SSSR count). The van der Waals surface area contributed by atoms with Gasteiger partial charge in [0.05, 0.1) is 0 Å². The lowest BCUT2D eigenvalue weighted by molar-refractivity contribution is 0.108. The molecule has 2 heteroatoms. The van der Waals surface area contributed by atoms with E-state index in [9.17, 15) is 5.11 Å². The summed E-state index contributed by atoms with van der Waals surface area (Å²) in [5, 5.41) is 9.40. The van der Waals surface area contributed by atoms with Gasteiger partial charge in [-0.05, 0) is 31.5 Å². The van der Waals surface area contributed by atoms with Crippen molar-refractivity contribution in [3.05, 3.63) is 60.2 Å². The Hall–Kier alpha value is -1.96. The van der Waals surface area contributed by atoms with Crippen molar-refractivity contribution >= 4 is 0 Å². The fourth-order valence-electron chi connectivity index (χ4n) is 1.74. The van der Waals surface area contributed by atoms with Crippen molar-refractivity contribution in [1.29, 1.82) is 0 Å². The van der Waals surface area contributed by atoms with Crippen LogP contribution in [0.15, 0.2) is 54.6 Å². The molecular formula is C15H16O2. The first-order valence-electron chi connectivity index (χ1n) is 5.61. The van der Waals surface area contributed by atoms with E-state index in [-0.39, 0.29) is 5.75 Å². The number of phenolic OH excluding ortho intramolecular Hbond substituents is 1. The number of hydrogen-bond donors (Lipinski definition) is 1. The number of aromatic hydroxyl groups is 1. The summed E-state index contributed by atoms with van der Waals surface area (Å²) >= 11 is 0. The molecule has 1 N–H and O–H groups in total. The van der Waals surface area contributed by atoms with E-state index >= 15 is 0 Å². The first kappa shape index (κ1) is 11.5. The van der Waals surface area contributed by atoms with Crippen molar-refractivity contribution in [2.24, 2.45) is 0 Å². The number of rotatable bonds is 3. The predicted molar refractivity (Wildman–Crippen MR) is 68.2 cm³/mol. The predicted octanol–water partition coefficient (Wildman–Crippen LogP) is 3.71. The molecule has 0 aromatic heterocycles. The van der Waals surface area contributed by atoms with Crippen LogP contribution < -0.4 is 4.74 Å². The lowest BCUT2D eigenvalue weighted by Crippen LogP contribution is -2.25. The molecule has 0 bridgehead atoms. The molecule has 2 aromatic carbocycles. The summed E-state index contributed by atoms with van der Waals surface area (Å²) in [4.78, 5) is 0. The zero-order valence-corrected chi connectivity index (χ0v) is 10.1. The van der Waals surface area contributed by atoms with Crippen LogP contribution in [0.1, 0.15) is 19.4 Å². The number of benzene rings is 2. The fourth-order valence-corrected chi connectivity index (χ4v) is 1.74. The zero-order valence-electron chi connectivity index (χ0n) is 10.1. The Balaban J connectivity index is 2.23. The first-order valence-corrected chi connectivity index (χ1v) is 5.61. The second kappa shape index (κ2) is 4.50. The maximum atomic E-state index is 9.40. The topological polar surface area (TPSA) is 29.5 Å². The van der Waals surface area contributed by atoms with E-state index in [1.165, 1.54) is 0 Å². The Kier molecular flexibility index (Phi) is 3.05. The summed E-state index contributed by atoms with van der Waals surface area (Å²) in [5.41, 5.74) is 0.679. The third-order valence-electron chi connectivity index (χ3n) is 2.66. The summed E-state index contributed by atoms with van der Waals surface area (Å²) in [6, 6.07) is 16.9. The minimum atomic E-state index is -0.422. The molecule has 0 unspecified atom stereocenters. The van der Waals surface area contributed by atoms with Crippen LogP contribution in [0, 0.1) is 0 Å². The van der Waals surface area contributed by atoms with Gasteiger partial charge >= 0.3 is 0 Å². The molecule has 2 aromatic rings. The maximum absolute atomic E-state index is 9.40. The van der Waals surface area contributed by atoms with E-state index in [4.69, 9.17) is 4.74 Å². The maximum Gasteiger partial charge on any atom is 0.128 e. The van der Waals surface area contributed by atoms with Crippen LogP contribution in [0.25, 0.3) is 0 Å². The Morgan fingerprint density at radius 3 is 2.29 bits per heavy atom. The Labute approximate surface area is 101 Å². The second-order valence-electron chi connectivity index (χ2n) is 4.48. The van der Waals surface area contributed by atoms with Gasteiger partial charge in [-0.25, -0.2) is 0 Å². The van der Waals surface area contributed by atoms with Gasteiger partial charge in [-0.15, -0.1) is 0 Å². The van der Waals surface area contributed by atoms with Crippen LogP contribution in [0.3, 0.4) is 0 Å². The SMILES string of the molecule is CC(C)(Oc1cccc(O)c1)c1ccccc1. The smallest absolute Gasteiger partial charge is 0.128 e. The molecule has 0 saturated carbocycles. The van der Waals surface area contributed by atoms with Crippen molar-refractivity contribution in [3.63, 3.8) is 0 Å². The van der Waals surface area contributed by atoms with Gasteiger partial charge in [0.25, 0.3) is 0 Å². The Morgan fingerprint density at radius 2 is 1.65 bits per heavy atom. The Bertz CT molecular complexity index is 489. The third-order valence-corrected chi connectivity index (χ3v) is 2.66. The molecule has 0 spiro atoms. The van der Waals surface area contributed by atoms with Crippen molar-refractivity contribution in [1.82, 2.24) is 0 Å². The molecule has 88 valence electrons. The largest absolute Gasteiger partial charge is 0.508 e. The van der Waals surface area contributed by atoms with E-state index in [1.807, 2.05) is 50.2 Å². The van der Waals surface area contributed by atoms with Crippen molar-refractivity contribution < 1.29 is 9.84 Å². The highest BCUT2D eigenvalue weighted by molar-refractivity contribution is 5.33. The summed E-state index contributed by atoms with van der Waals surface area (Å²) in [6.07, 6.45) is 0. The van der Waals surface area contributed by atoms with Gasteiger partial charge < -0.3 is 9.84 Å². The summed E-state index contributed by atoms with van der Waals surface area (Å²) < 4.78 is 5.91. The zero-order chi connectivity index (χ0) is 12.3. The average Bonchev–Trinajstić information content (AvgIpc) is 2.29. The molecule has 0 fully saturated rings. The number of phenols is 1.